The number of esters is 1. The Bertz CT molecular complexity index is 1030. The number of benzene rings is 2. The summed E-state index contributed by atoms with van der Waals surface area (Å²) in [5.41, 5.74) is 4.27. The third kappa shape index (κ3) is 4.79. The quantitative estimate of drug-likeness (QED) is 0.588. The summed E-state index contributed by atoms with van der Waals surface area (Å²) < 4.78 is 5.05. The smallest absolute Gasteiger partial charge is 0.340 e. The highest BCUT2D eigenvalue weighted by molar-refractivity contribution is 6.08. The SMILES string of the molecule is CCOC(=O)c1ccccc1NC(=O)c1ccnc(Nc2c(C)cccc2C)c1. The van der Waals surface area contributed by atoms with Crippen molar-refractivity contribution in [1.29, 1.82) is 0 Å². The Morgan fingerprint density at radius 3 is 2.45 bits per heavy atom. The van der Waals surface area contributed by atoms with Gasteiger partial charge >= 0.3 is 5.97 Å². The number of pyridine rings is 1. The van der Waals surface area contributed by atoms with Crippen LogP contribution < -0.4 is 10.6 Å². The van der Waals surface area contributed by atoms with Crippen LogP contribution in [0, 0.1) is 13.8 Å². The second-order valence-corrected chi connectivity index (χ2v) is 6.54. The highest BCUT2D eigenvalue weighted by atomic mass is 16.5. The minimum Gasteiger partial charge on any atom is -0.462 e. The van der Waals surface area contributed by atoms with Crippen molar-refractivity contribution in [3.8, 4) is 0 Å². The Morgan fingerprint density at radius 2 is 1.72 bits per heavy atom. The van der Waals surface area contributed by atoms with E-state index in [1.54, 1.807) is 49.5 Å². The molecule has 0 atom stereocenters. The monoisotopic (exact) mass is 389 g/mol. The molecule has 0 saturated carbocycles. The molecular formula is C23H23N3O3. The molecule has 0 radical (unpaired) electrons. The fourth-order valence-corrected chi connectivity index (χ4v) is 2.95. The largest absolute Gasteiger partial charge is 0.462 e. The lowest BCUT2D eigenvalue weighted by Gasteiger charge is -2.13. The number of para-hydroxylation sites is 2. The van der Waals surface area contributed by atoms with Crippen LogP contribution in [0.1, 0.15) is 38.8 Å². The third-order valence-electron chi connectivity index (χ3n) is 4.43. The van der Waals surface area contributed by atoms with Gasteiger partial charge in [0.2, 0.25) is 0 Å². The van der Waals surface area contributed by atoms with Gasteiger partial charge in [-0.1, -0.05) is 30.3 Å². The molecule has 0 aliphatic heterocycles. The van der Waals surface area contributed by atoms with Gasteiger partial charge in [-0.25, -0.2) is 9.78 Å². The fourth-order valence-electron chi connectivity index (χ4n) is 2.95. The molecule has 6 heteroatoms. The van der Waals surface area contributed by atoms with E-state index < -0.39 is 5.97 Å². The number of amides is 1. The molecule has 1 aromatic heterocycles. The van der Waals surface area contributed by atoms with Crippen LogP contribution in [0.5, 0.6) is 0 Å². The first-order valence-corrected chi connectivity index (χ1v) is 9.36. The standard InChI is InChI=1S/C23H23N3O3/c1-4-29-23(28)18-10-5-6-11-19(18)25-22(27)17-12-13-24-20(14-17)26-21-15(2)8-7-9-16(21)3/h5-14H,4H2,1-3H3,(H,24,26)(H,25,27). The van der Waals surface area contributed by atoms with Crippen molar-refractivity contribution in [2.45, 2.75) is 20.8 Å². The molecule has 3 rings (SSSR count). The summed E-state index contributed by atoms with van der Waals surface area (Å²) in [4.78, 5) is 29.2. The molecule has 2 N–H and O–H groups in total. The first kappa shape index (κ1) is 20.1. The van der Waals surface area contributed by atoms with Gasteiger partial charge in [-0.05, 0) is 56.2 Å². The first-order valence-electron chi connectivity index (χ1n) is 9.36. The van der Waals surface area contributed by atoms with Gasteiger partial charge in [0, 0.05) is 17.4 Å². The summed E-state index contributed by atoms with van der Waals surface area (Å²) in [6.45, 7) is 6.02. The van der Waals surface area contributed by atoms with Crippen LogP contribution in [-0.2, 0) is 4.74 Å². The van der Waals surface area contributed by atoms with Crippen molar-refractivity contribution in [1.82, 2.24) is 4.98 Å². The number of anilines is 3. The van der Waals surface area contributed by atoms with Crippen LogP contribution in [0.4, 0.5) is 17.2 Å². The normalized spacial score (nSPS) is 10.3. The van der Waals surface area contributed by atoms with E-state index in [2.05, 4.69) is 15.6 Å². The van der Waals surface area contributed by atoms with E-state index in [1.807, 2.05) is 32.0 Å². The number of nitrogens with one attached hydrogen (secondary N) is 2. The maximum atomic E-state index is 12.8. The Balaban J connectivity index is 1.81. The lowest BCUT2D eigenvalue weighted by atomic mass is 10.1. The maximum Gasteiger partial charge on any atom is 0.340 e. The Labute approximate surface area is 169 Å². The molecule has 0 spiro atoms. The van der Waals surface area contributed by atoms with Gasteiger partial charge < -0.3 is 15.4 Å². The van der Waals surface area contributed by atoms with E-state index in [9.17, 15) is 9.59 Å². The molecule has 3 aromatic rings. The minimum absolute atomic E-state index is 0.263. The van der Waals surface area contributed by atoms with Gasteiger partial charge in [0.1, 0.15) is 5.82 Å². The van der Waals surface area contributed by atoms with E-state index in [1.165, 1.54) is 0 Å². The number of rotatable bonds is 6. The summed E-state index contributed by atoms with van der Waals surface area (Å²) in [7, 11) is 0. The zero-order valence-corrected chi connectivity index (χ0v) is 16.7. The average molecular weight is 389 g/mol. The second kappa shape index (κ2) is 9.01. The molecule has 1 amide bonds. The van der Waals surface area contributed by atoms with Crippen LogP contribution in [0.3, 0.4) is 0 Å². The molecule has 1 heterocycles. The minimum atomic E-state index is -0.476. The van der Waals surface area contributed by atoms with Crippen molar-refractivity contribution in [3.05, 3.63) is 83.0 Å². The summed E-state index contributed by atoms with van der Waals surface area (Å²) in [6.07, 6.45) is 1.57. The molecule has 0 aliphatic carbocycles. The van der Waals surface area contributed by atoms with Crippen molar-refractivity contribution in [2.24, 2.45) is 0 Å². The van der Waals surface area contributed by atoms with Crippen molar-refractivity contribution < 1.29 is 14.3 Å². The molecule has 0 saturated heterocycles. The molecule has 0 fully saturated rings. The number of hydrogen-bond acceptors (Lipinski definition) is 5. The number of carbonyl (C=O) groups is 2. The fraction of sp³-hybridized carbons (Fsp3) is 0.174. The molecular weight excluding hydrogens is 366 g/mol. The van der Waals surface area contributed by atoms with Crippen LogP contribution in [0.15, 0.2) is 60.8 Å². The van der Waals surface area contributed by atoms with Crippen molar-refractivity contribution in [3.63, 3.8) is 0 Å². The van der Waals surface area contributed by atoms with Gasteiger partial charge in [0.05, 0.1) is 17.9 Å². The molecule has 2 aromatic carbocycles. The summed E-state index contributed by atoms with van der Waals surface area (Å²) >= 11 is 0. The lowest BCUT2D eigenvalue weighted by Crippen LogP contribution is -2.16. The number of carbonyl (C=O) groups excluding carboxylic acids is 2. The summed E-state index contributed by atoms with van der Waals surface area (Å²) in [6, 6.07) is 16.1. The highest BCUT2D eigenvalue weighted by Crippen LogP contribution is 2.24. The number of ether oxygens (including phenoxy) is 1. The van der Waals surface area contributed by atoms with Gasteiger partial charge in [-0.2, -0.15) is 0 Å². The molecule has 6 nitrogen and oxygen atoms in total. The van der Waals surface area contributed by atoms with Crippen LogP contribution in [0.2, 0.25) is 0 Å². The van der Waals surface area contributed by atoms with Gasteiger partial charge in [0.15, 0.2) is 0 Å². The zero-order valence-electron chi connectivity index (χ0n) is 16.7. The molecule has 0 aliphatic rings. The van der Waals surface area contributed by atoms with E-state index in [4.69, 9.17) is 4.74 Å². The van der Waals surface area contributed by atoms with Crippen molar-refractivity contribution in [2.75, 3.05) is 17.2 Å². The first-order chi connectivity index (χ1) is 14.0. The predicted octanol–water partition coefficient (Wildman–Crippen LogP) is 4.87. The van der Waals surface area contributed by atoms with Gasteiger partial charge in [0.25, 0.3) is 5.91 Å². The summed E-state index contributed by atoms with van der Waals surface area (Å²) in [5.74, 6) is -0.252. The molecule has 0 unspecified atom stereocenters. The molecule has 0 bridgehead atoms. The number of hydrogen-bond donors (Lipinski definition) is 2. The van der Waals surface area contributed by atoms with Gasteiger partial charge in [-0.15, -0.1) is 0 Å². The maximum absolute atomic E-state index is 12.8. The second-order valence-electron chi connectivity index (χ2n) is 6.54. The number of nitrogens with zero attached hydrogens (tertiary/aromatic N) is 1. The van der Waals surface area contributed by atoms with E-state index >= 15 is 0 Å². The third-order valence-corrected chi connectivity index (χ3v) is 4.43. The van der Waals surface area contributed by atoms with E-state index in [0.717, 1.165) is 16.8 Å². The zero-order chi connectivity index (χ0) is 20.8. The van der Waals surface area contributed by atoms with Crippen molar-refractivity contribution >= 4 is 29.1 Å². The average Bonchev–Trinajstić information content (AvgIpc) is 2.71. The predicted molar refractivity (Wildman–Crippen MR) is 114 cm³/mol. The van der Waals surface area contributed by atoms with E-state index in [-0.39, 0.29) is 12.5 Å². The number of aryl methyl sites for hydroxylation is 2. The van der Waals surface area contributed by atoms with E-state index in [0.29, 0.717) is 22.6 Å². The highest BCUT2D eigenvalue weighted by Gasteiger charge is 2.15. The molecule has 29 heavy (non-hydrogen) atoms. The molecule has 148 valence electrons. The lowest BCUT2D eigenvalue weighted by molar-refractivity contribution is 0.0527. The van der Waals surface area contributed by atoms with Gasteiger partial charge in [-0.3, -0.25) is 4.79 Å². The Morgan fingerprint density at radius 1 is 1.00 bits per heavy atom. The number of aromatic nitrogens is 1. The Kier molecular flexibility index (Phi) is 6.24. The van der Waals surface area contributed by atoms with Crippen LogP contribution in [-0.4, -0.2) is 23.5 Å². The van der Waals surface area contributed by atoms with Crippen LogP contribution >= 0.6 is 0 Å². The Hall–Kier alpha value is -3.67. The topological polar surface area (TPSA) is 80.3 Å². The van der Waals surface area contributed by atoms with Crippen LogP contribution in [0.25, 0.3) is 0 Å². The summed E-state index contributed by atoms with van der Waals surface area (Å²) in [5, 5.41) is 6.07.